The molecular weight excluding hydrogens is 440 g/mol. The Hall–Kier alpha value is -3.50. The fourth-order valence-corrected chi connectivity index (χ4v) is 2.71. The number of rotatable bonds is 15. The van der Waals surface area contributed by atoms with Crippen molar-refractivity contribution in [2.45, 2.75) is 62.9 Å². The van der Waals surface area contributed by atoms with E-state index in [-0.39, 0.29) is 56.3 Å². The van der Waals surface area contributed by atoms with Crippen molar-refractivity contribution in [1.82, 2.24) is 26.1 Å². The van der Waals surface area contributed by atoms with Crippen LogP contribution in [-0.2, 0) is 9.59 Å². The maximum absolute atomic E-state index is 12.4. The van der Waals surface area contributed by atoms with Gasteiger partial charge in [0.25, 0.3) is 0 Å². The van der Waals surface area contributed by atoms with Crippen molar-refractivity contribution in [2.24, 2.45) is 22.9 Å². The lowest BCUT2D eigenvalue weighted by molar-refractivity contribution is -0.139. The zero-order valence-electron chi connectivity index (χ0n) is 18.0. The van der Waals surface area contributed by atoms with E-state index in [1.54, 1.807) is 0 Å². The summed E-state index contributed by atoms with van der Waals surface area (Å²) in [7, 11) is 0. The van der Waals surface area contributed by atoms with E-state index in [1.165, 1.54) is 0 Å². The highest BCUT2D eigenvalue weighted by Gasteiger charge is 2.26. The first-order valence-electron chi connectivity index (χ1n) is 10.2. The highest BCUT2D eigenvalue weighted by Crippen LogP contribution is 2.20. The molecular formula is C17H32N10O6. The van der Waals surface area contributed by atoms with Gasteiger partial charge in [0.1, 0.15) is 18.3 Å². The number of aliphatic hydroxyl groups excluding tert-OH is 1. The van der Waals surface area contributed by atoms with E-state index in [9.17, 15) is 24.6 Å². The van der Waals surface area contributed by atoms with Crippen LogP contribution in [-0.4, -0.2) is 63.0 Å². The SMILES string of the molecule is N=C(N)NCCC[C@H](NC(=O)N[C@@H](CCC(N)O)c1nc([C@@H](N)CCC(N)=O)no1)C(=O)O. The number of amides is 3. The molecule has 16 nitrogen and oxygen atoms in total. The summed E-state index contributed by atoms with van der Waals surface area (Å²) in [5, 5.41) is 36.9. The predicted molar refractivity (Wildman–Crippen MR) is 114 cm³/mol. The fraction of sp³-hybridized carbons (Fsp3) is 0.647. The number of nitrogens with two attached hydrogens (primary N) is 4. The Morgan fingerprint density at radius 1 is 1.09 bits per heavy atom. The summed E-state index contributed by atoms with van der Waals surface area (Å²) in [6, 6.07) is -3.66. The molecule has 0 aliphatic rings. The minimum Gasteiger partial charge on any atom is -0.480 e. The Labute approximate surface area is 189 Å². The molecule has 0 bridgehead atoms. The number of carbonyl (C=O) groups is 3. The summed E-state index contributed by atoms with van der Waals surface area (Å²) in [5.74, 6) is -1.97. The van der Waals surface area contributed by atoms with Gasteiger partial charge in [-0.2, -0.15) is 4.98 Å². The minimum atomic E-state index is -1.25. The van der Waals surface area contributed by atoms with Crippen LogP contribution in [0.3, 0.4) is 0 Å². The fourth-order valence-electron chi connectivity index (χ4n) is 2.71. The van der Waals surface area contributed by atoms with Gasteiger partial charge in [-0.3, -0.25) is 10.2 Å². The van der Waals surface area contributed by atoms with E-state index in [4.69, 9.17) is 32.9 Å². The highest BCUT2D eigenvalue weighted by atomic mass is 16.5. The number of carboxylic acids is 1. The van der Waals surface area contributed by atoms with Crippen LogP contribution in [0.2, 0.25) is 0 Å². The van der Waals surface area contributed by atoms with Crippen molar-refractivity contribution >= 4 is 23.9 Å². The number of nitrogens with zero attached hydrogens (tertiary/aromatic N) is 2. The van der Waals surface area contributed by atoms with Crippen molar-refractivity contribution in [3.63, 3.8) is 0 Å². The normalized spacial score (nSPS) is 14.5. The number of nitrogens with one attached hydrogen (secondary N) is 4. The molecule has 0 radical (unpaired) electrons. The first-order chi connectivity index (χ1) is 15.5. The van der Waals surface area contributed by atoms with Gasteiger partial charge in [0, 0.05) is 13.0 Å². The third-order valence-electron chi connectivity index (χ3n) is 4.43. The average molecular weight is 473 g/mol. The third-order valence-corrected chi connectivity index (χ3v) is 4.43. The van der Waals surface area contributed by atoms with Crippen molar-refractivity contribution in [3.8, 4) is 0 Å². The lowest BCUT2D eigenvalue weighted by Crippen LogP contribution is -2.47. The Balaban J connectivity index is 2.80. The van der Waals surface area contributed by atoms with Crippen LogP contribution in [0.15, 0.2) is 4.52 Å². The van der Waals surface area contributed by atoms with Gasteiger partial charge in [-0.05, 0) is 32.1 Å². The number of carboxylic acid groups (broad SMARTS) is 1. The van der Waals surface area contributed by atoms with Crippen LogP contribution in [0.5, 0.6) is 0 Å². The summed E-state index contributed by atoms with van der Waals surface area (Å²) in [5.41, 5.74) is 21.5. The zero-order chi connectivity index (χ0) is 25.0. The molecule has 0 aromatic carbocycles. The van der Waals surface area contributed by atoms with Gasteiger partial charge in [0.2, 0.25) is 11.8 Å². The summed E-state index contributed by atoms with van der Waals surface area (Å²) >= 11 is 0. The number of hydrogen-bond acceptors (Lipinski definition) is 10. The second kappa shape index (κ2) is 13.8. The number of aliphatic carboxylic acids is 1. The summed E-state index contributed by atoms with van der Waals surface area (Å²) < 4.78 is 5.16. The predicted octanol–water partition coefficient (Wildman–Crippen LogP) is -2.55. The van der Waals surface area contributed by atoms with Gasteiger partial charge < -0.3 is 53.6 Å². The molecule has 0 spiro atoms. The van der Waals surface area contributed by atoms with Crippen LogP contribution < -0.4 is 38.9 Å². The second-order valence-electron chi connectivity index (χ2n) is 7.29. The smallest absolute Gasteiger partial charge is 0.326 e. The quantitative estimate of drug-likeness (QED) is 0.0546. The van der Waals surface area contributed by atoms with Crippen molar-refractivity contribution in [3.05, 3.63) is 11.7 Å². The number of aromatic nitrogens is 2. The molecule has 0 saturated heterocycles. The minimum absolute atomic E-state index is 0.0208. The number of urea groups is 1. The van der Waals surface area contributed by atoms with Crippen LogP contribution in [0.1, 0.15) is 62.3 Å². The standard InChI is InChI=1S/C17H32N10O6/c18-8(3-5-11(19)28)13-26-14(33-27-13)9(4-6-12(20)29)24-17(32)25-10(15(30)31)2-1-7-23-16(21)22/h8-10,12,29H,1-7,18,20H2,(H2,19,28)(H,30,31)(H4,21,22,23)(H2,24,25,32)/t8-,9-,10-,12?/m0/s1. The van der Waals surface area contributed by atoms with E-state index < -0.39 is 42.3 Å². The van der Waals surface area contributed by atoms with E-state index in [2.05, 4.69) is 26.1 Å². The molecule has 0 fully saturated rings. The summed E-state index contributed by atoms with van der Waals surface area (Å²) in [6.45, 7) is 0.264. The molecule has 0 saturated carbocycles. The van der Waals surface area contributed by atoms with Gasteiger partial charge in [-0.25, -0.2) is 9.59 Å². The molecule has 3 amide bonds. The van der Waals surface area contributed by atoms with Crippen molar-refractivity contribution in [1.29, 1.82) is 5.41 Å². The van der Waals surface area contributed by atoms with Crippen LogP contribution in [0.4, 0.5) is 4.79 Å². The molecule has 1 heterocycles. The number of primary amides is 1. The van der Waals surface area contributed by atoms with E-state index >= 15 is 0 Å². The lowest BCUT2D eigenvalue weighted by Gasteiger charge is -2.19. The van der Waals surface area contributed by atoms with Gasteiger partial charge in [-0.15, -0.1) is 0 Å². The molecule has 14 N–H and O–H groups in total. The Bertz CT molecular complexity index is 801. The topological polar surface area (TPSA) is 295 Å². The van der Waals surface area contributed by atoms with Gasteiger partial charge in [-0.1, -0.05) is 5.16 Å². The van der Waals surface area contributed by atoms with Gasteiger partial charge >= 0.3 is 12.0 Å². The van der Waals surface area contributed by atoms with Crippen LogP contribution in [0, 0.1) is 5.41 Å². The zero-order valence-corrected chi connectivity index (χ0v) is 18.0. The maximum Gasteiger partial charge on any atom is 0.326 e. The highest BCUT2D eigenvalue weighted by molar-refractivity contribution is 5.82. The van der Waals surface area contributed by atoms with E-state index in [0.29, 0.717) is 6.42 Å². The molecule has 1 unspecified atom stereocenters. The second-order valence-corrected chi connectivity index (χ2v) is 7.29. The molecule has 33 heavy (non-hydrogen) atoms. The summed E-state index contributed by atoms with van der Waals surface area (Å²) in [6.07, 6.45) is -0.387. The summed E-state index contributed by atoms with van der Waals surface area (Å²) in [4.78, 5) is 38.9. The molecule has 1 aromatic heterocycles. The molecule has 1 aromatic rings. The first kappa shape index (κ1) is 27.5. The third kappa shape index (κ3) is 11.1. The Kier molecular flexibility index (Phi) is 11.5. The van der Waals surface area contributed by atoms with Gasteiger partial charge in [0.15, 0.2) is 11.8 Å². The largest absolute Gasteiger partial charge is 0.480 e. The van der Waals surface area contributed by atoms with Crippen LogP contribution in [0.25, 0.3) is 0 Å². The number of hydrogen-bond donors (Lipinski definition) is 10. The Morgan fingerprint density at radius 2 is 1.79 bits per heavy atom. The van der Waals surface area contributed by atoms with Crippen molar-refractivity contribution in [2.75, 3.05) is 6.54 Å². The van der Waals surface area contributed by atoms with E-state index in [1.807, 2.05) is 0 Å². The number of guanidine groups is 1. The molecule has 4 atom stereocenters. The molecule has 1 rings (SSSR count). The van der Waals surface area contributed by atoms with E-state index in [0.717, 1.165) is 0 Å². The molecule has 0 aliphatic carbocycles. The van der Waals surface area contributed by atoms with Crippen molar-refractivity contribution < 1.29 is 29.1 Å². The number of carbonyl (C=O) groups excluding carboxylic acids is 2. The first-order valence-corrected chi connectivity index (χ1v) is 10.2. The van der Waals surface area contributed by atoms with Crippen LogP contribution >= 0.6 is 0 Å². The molecule has 16 heteroatoms. The Morgan fingerprint density at radius 3 is 2.36 bits per heavy atom. The average Bonchev–Trinajstić information content (AvgIpc) is 3.21. The lowest BCUT2D eigenvalue weighted by atomic mass is 10.1. The maximum atomic E-state index is 12.4. The molecule has 186 valence electrons. The number of aliphatic hydroxyl groups is 1. The molecule has 0 aliphatic heterocycles. The monoisotopic (exact) mass is 472 g/mol. The van der Waals surface area contributed by atoms with Gasteiger partial charge in [0.05, 0.1) is 6.04 Å².